The number of H-pyrrole nitrogens is 1. The maximum absolute atomic E-state index is 12.4. The van der Waals surface area contributed by atoms with Crippen LogP contribution in [0.25, 0.3) is 10.9 Å². The molecule has 0 bridgehead atoms. The van der Waals surface area contributed by atoms with E-state index < -0.39 is 21.9 Å². The smallest absolute Gasteiger partial charge is 0.270 e. The molecule has 1 heterocycles. The van der Waals surface area contributed by atoms with Gasteiger partial charge in [0.2, 0.25) is 5.56 Å². The Kier molecular flexibility index (Phi) is 3.96. The molecule has 1 amide bonds. The summed E-state index contributed by atoms with van der Waals surface area (Å²) >= 11 is 0. The number of nitro benzene ring substituents is 1. The van der Waals surface area contributed by atoms with E-state index >= 15 is 0 Å². The molecule has 0 atom stereocenters. The second-order valence-electron chi connectivity index (χ2n) is 5.58. The van der Waals surface area contributed by atoms with Crippen LogP contribution < -0.4 is 16.6 Å². The van der Waals surface area contributed by atoms with E-state index in [9.17, 15) is 19.7 Å². The van der Waals surface area contributed by atoms with Gasteiger partial charge in [-0.2, -0.15) is 0 Å². The molecule has 116 valence electrons. The number of benzene rings is 1. The molecule has 2 rings (SSSR count). The third-order valence-corrected chi connectivity index (χ3v) is 3.24. The molecule has 0 aliphatic carbocycles. The van der Waals surface area contributed by atoms with Crippen molar-refractivity contribution in [1.82, 2.24) is 10.3 Å². The molecule has 0 spiro atoms. The number of carbonyl (C=O) groups excluding carboxylic acids is 1. The van der Waals surface area contributed by atoms with Crippen molar-refractivity contribution < 1.29 is 9.72 Å². The number of hydrogen-bond donors (Lipinski definition) is 3. The second-order valence-corrected chi connectivity index (χ2v) is 5.58. The Hall–Kier alpha value is -2.74. The summed E-state index contributed by atoms with van der Waals surface area (Å²) in [6.45, 7) is 3.69. The molecular formula is C14H16N4O4. The summed E-state index contributed by atoms with van der Waals surface area (Å²) in [6.07, 6.45) is 0. The lowest BCUT2D eigenvalue weighted by Crippen LogP contribution is -2.49. The van der Waals surface area contributed by atoms with Gasteiger partial charge in [0.1, 0.15) is 0 Å². The zero-order valence-corrected chi connectivity index (χ0v) is 12.2. The number of hydrogen-bond acceptors (Lipinski definition) is 5. The van der Waals surface area contributed by atoms with E-state index in [1.54, 1.807) is 13.8 Å². The first-order valence-electron chi connectivity index (χ1n) is 6.57. The Morgan fingerprint density at radius 3 is 2.68 bits per heavy atom. The highest BCUT2D eigenvalue weighted by molar-refractivity contribution is 6.06. The van der Waals surface area contributed by atoms with Crippen molar-refractivity contribution in [2.24, 2.45) is 5.73 Å². The van der Waals surface area contributed by atoms with Crippen molar-refractivity contribution in [3.63, 3.8) is 0 Å². The van der Waals surface area contributed by atoms with Gasteiger partial charge in [-0.15, -0.1) is 0 Å². The number of carbonyl (C=O) groups is 1. The van der Waals surface area contributed by atoms with Gasteiger partial charge in [0.05, 0.1) is 10.5 Å². The Morgan fingerprint density at radius 2 is 2.09 bits per heavy atom. The lowest BCUT2D eigenvalue weighted by molar-refractivity contribution is -0.384. The molecule has 0 aliphatic rings. The van der Waals surface area contributed by atoms with Crippen molar-refractivity contribution in [3.05, 3.63) is 50.3 Å². The average molecular weight is 304 g/mol. The zero-order valence-electron chi connectivity index (χ0n) is 12.2. The van der Waals surface area contributed by atoms with Crippen LogP contribution in [0.2, 0.25) is 0 Å². The first-order valence-corrected chi connectivity index (χ1v) is 6.57. The highest BCUT2D eigenvalue weighted by Crippen LogP contribution is 2.22. The van der Waals surface area contributed by atoms with Crippen molar-refractivity contribution in [2.75, 3.05) is 6.54 Å². The highest BCUT2D eigenvalue weighted by Gasteiger charge is 2.22. The molecule has 1 aromatic heterocycles. The Balaban J connectivity index is 2.61. The standard InChI is InChI=1S/C14H16N4O4/c1-14(2,7-15)17-13(20)10-6-12(19)16-11-4-3-8(18(21)22)5-9(10)11/h3-6H,7,15H2,1-2H3,(H,16,19)(H,17,20). The van der Waals surface area contributed by atoms with Gasteiger partial charge >= 0.3 is 0 Å². The number of nitrogens with two attached hydrogens (primary N) is 1. The molecule has 8 nitrogen and oxygen atoms in total. The summed E-state index contributed by atoms with van der Waals surface area (Å²) in [4.78, 5) is 36.9. The monoisotopic (exact) mass is 304 g/mol. The van der Waals surface area contributed by atoms with Gasteiger partial charge in [-0.25, -0.2) is 0 Å². The Bertz CT molecular complexity index is 810. The van der Waals surface area contributed by atoms with E-state index in [4.69, 9.17) is 5.73 Å². The van der Waals surface area contributed by atoms with E-state index in [1.807, 2.05) is 0 Å². The predicted molar refractivity (Wildman–Crippen MR) is 81.8 cm³/mol. The first-order chi connectivity index (χ1) is 10.2. The average Bonchev–Trinajstić information content (AvgIpc) is 2.45. The molecular weight excluding hydrogens is 288 g/mol. The maximum Gasteiger partial charge on any atom is 0.270 e. The van der Waals surface area contributed by atoms with Crippen LogP contribution in [0.5, 0.6) is 0 Å². The van der Waals surface area contributed by atoms with Gasteiger partial charge in [-0.05, 0) is 19.9 Å². The van der Waals surface area contributed by atoms with E-state index in [1.165, 1.54) is 18.2 Å². The third kappa shape index (κ3) is 3.12. The predicted octanol–water partition coefficient (Wildman–Crippen LogP) is 0.903. The fourth-order valence-corrected chi connectivity index (χ4v) is 1.97. The molecule has 1 aromatic carbocycles. The number of nitrogens with one attached hydrogen (secondary N) is 2. The minimum absolute atomic E-state index is 0.0731. The normalized spacial score (nSPS) is 11.4. The lowest BCUT2D eigenvalue weighted by Gasteiger charge is -2.24. The quantitative estimate of drug-likeness (QED) is 0.570. The number of aromatic amines is 1. The van der Waals surface area contributed by atoms with Gasteiger partial charge in [0.15, 0.2) is 0 Å². The molecule has 2 aromatic rings. The van der Waals surface area contributed by atoms with E-state index in [2.05, 4.69) is 10.3 Å². The van der Waals surface area contributed by atoms with Crippen LogP contribution >= 0.6 is 0 Å². The first kappa shape index (κ1) is 15.6. The number of amides is 1. The van der Waals surface area contributed by atoms with Crippen LogP contribution in [0.15, 0.2) is 29.1 Å². The van der Waals surface area contributed by atoms with Crippen LogP contribution in [-0.4, -0.2) is 27.9 Å². The maximum atomic E-state index is 12.4. The van der Waals surface area contributed by atoms with E-state index in [0.29, 0.717) is 10.9 Å². The van der Waals surface area contributed by atoms with Crippen LogP contribution in [-0.2, 0) is 0 Å². The van der Waals surface area contributed by atoms with Crippen LogP contribution in [0.1, 0.15) is 24.2 Å². The van der Waals surface area contributed by atoms with Gasteiger partial charge in [-0.3, -0.25) is 19.7 Å². The number of fused-ring (bicyclic) bond motifs is 1. The molecule has 4 N–H and O–H groups in total. The van der Waals surface area contributed by atoms with Crippen molar-refractivity contribution in [1.29, 1.82) is 0 Å². The molecule has 0 saturated carbocycles. The third-order valence-electron chi connectivity index (χ3n) is 3.24. The van der Waals surface area contributed by atoms with Gasteiger partial charge < -0.3 is 16.0 Å². The van der Waals surface area contributed by atoms with E-state index in [0.717, 1.165) is 6.07 Å². The minimum Gasteiger partial charge on any atom is -0.346 e. The Morgan fingerprint density at radius 1 is 1.41 bits per heavy atom. The van der Waals surface area contributed by atoms with Gasteiger partial charge in [0.25, 0.3) is 11.6 Å². The highest BCUT2D eigenvalue weighted by atomic mass is 16.6. The number of non-ortho nitro benzene ring substituents is 1. The molecule has 8 heteroatoms. The van der Waals surface area contributed by atoms with Crippen LogP contribution in [0.4, 0.5) is 5.69 Å². The summed E-state index contributed by atoms with van der Waals surface area (Å²) < 4.78 is 0. The van der Waals surface area contributed by atoms with Gasteiger partial charge in [-0.1, -0.05) is 0 Å². The fraction of sp³-hybridized carbons (Fsp3) is 0.286. The molecule has 0 saturated heterocycles. The second kappa shape index (κ2) is 5.57. The largest absolute Gasteiger partial charge is 0.346 e. The summed E-state index contributed by atoms with van der Waals surface area (Å²) in [5.74, 6) is -0.507. The molecule has 0 aliphatic heterocycles. The topological polar surface area (TPSA) is 131 Å². The summed E-state index contributed by atoms with van der Waals surface area (Å²) in [5.41, 5.74) is 4.71. The van der Waals surface area contributed by atoms with E-state index in [-0.39, 0.29) is 17.8 Å². The SMILES string of the molecule is CC(C)(CN)NC(=O)c1cc(=O)[nH]c2ccc([N+](=O)[O-])cc12. The summed E-state index contributed by atoms with van der Waals surface area (Å²) in [5, 5.41) is 13.9. The molecule has 22 heavy (non-hydrogen) atoms. The van der Waals surface area contributed by atoms with Crippen molar-refractivity contribution in [3.8, 4) is 0 Å². The number of pyridine rings is 1. The lowest BCUT2D eigenvalue weighted by atomic mass is 10.0. The molecule has 0 unspecified atom stereocenters. The van der Waals surface area contributed by atoms with Crippen molar-refractivity contribution in [2.45, 2.75) is 19.4 Å². The fourth-order valence-electron chi connectivity index (χ4n) is 1.97. The zero-order chi connectivity index (χ0) is 16.5. The number of nitro groups is 1. The molecule has 0 radical (unpaired) electrons. The van der Waals surface area contributed by atoms with Crippen LogP contribution in [0.3, 0.4) is 0 Å². The van der Waals surface area contributed by atoms with Crippen molar-refractivity contribution >= 4 is 22.5 Å². The minimum atomic E-state index is -0.660. The number of nitrogens with zero attached hydrogens (tertiary/aromatic N) is 1. The Labute approximate surface area is 125 Å². The summed E-state index contributed by atoms with van der Waals surface area (Å²) in [7, 11) is 0. The summed E-state index contributed by atoms with van der Waals surface area (Å²) in [6, 6.07) is 5.05. The number of rotatable bonds is 4. The molecule has 0 fully saturated rings. The number of aromatic nitrogens is 1. The van der Waals surface area contributed by atoms with Crippen LogP contribution in [0, 0.1) is 10.1 Å². The van der Waals surface area contributed by atoms with Gasteiger partial charge in [0, 0.05) is 41.2 Å².